The summed E-state index contributed by atoms with van der Waals surface area (Å²) in [6.07, 6.45) is 2.55. The van der Waals surface area contributed by atoms with Crippen molar-refractivity contribution >= 4 is 11.4 Å². The van der Waals surface area contributed by atoms with Crippen LogP contribution >= 0.6 is 0 Å². The molecule has 1 aliphatic rings. The Morgan fingerprint density at radius 2 is 2.06 bits per heavy atom. The Morgan fingerprint density at radius 3 is 2.67 bits per heavy atom. The molecule has 100 valence electrons. The van der Waals surface area contributed by atoms with Crippen molar-refractivity contribution in [3.8, 4) is 5.75 Å². The van der Waals surface area contributed by atoms with Crippen LogP contribution < -0.4 is 15.4 Å². The average Bonchev–Trinajstić information content (AvgIpc) is 2.42. The second-order valence-electron chi connectivity index (χ2n) is 4.58. The smallest absolute Gasteiger partial charge is 0.144 e. The lowest BCUT2D eigenvalue weighted by molar-refractivity contribution is 0.0819. The van der Waals surface area contributed by atoms with Gasteiger partial charge in [0.2, 0.25) is 0 Å². The first kappa shape index (κ1) is 13.0. The lowest BCUT2D eigenvalue weighted by atomic mass is 10.1. The lowest BCUT2D eigenvalue weighted by Gasteiger charge is -2.33. The molecule has 0 atom stereocenters. The van der Waals surface area contributed by atoms with Crippen molar-refractivity contribution in [1.82, 2.24) is 0 Å². The van der Waals surface area contributed by atoms with Gasteiger partial charge in [-0.15, -0.1) is 0 Å². The Hall–Kier alpha value is -1.42. The fourth-order valence-electron chi connectivity index (χ4n) is 2.35. The number of benzene rings is 1. The van der Waals surface area contributed by atoms with Gasteiger partial charge in [-0.3, -0.25) is 0 Å². The van der Waals surface area contributed by atoms with Crippen molar-refractivity contribution in [2.45, 2.75) is 25.9 Å². The number of anilines is 2. The van der Waals surface area contributed by atoms with Gasteiger partial charge >= 0.3 is 0 Å². The zero-order valence-corrected chi connectivity index (χ0v) is 11.2. The molecule has 4 heteroatoms. The molecule has 0 unspecified atom stereocenters. The van der Waals surface area contributed by atoms with Crippen LogP contribution in [0.2, 0.25) is 0 Å². The number of piperidine rings is 1. The van der Waals surface area contributed by atoms with Gasteiger partial charge in [-0.1, -0.05) is 0 Å². The largest absolute Gasteiger partial charge is 0.492 e. The zero-order valence-electron chi connectivity index (χ0n) is 11.2. The standard InChI is InChI=1S/C14H22N2O2/c1-3-18-14-10-11(4-5-13(14)15)16-8-6-12(17-2)7-9-16/h4-5,10,12H,3,6-9,15H2,1-2H3. The summed E-state index contributed by atoms with van der Waals surface area (Å²) in [5.41, 5.74) is 7.77. The van der Waals surface area contributed by atoms with Gasteiger partial charge in [0.05, 0.1) is 18.4 Å². The van der Waals surface area contributed by atoms with E-state index in [0.29, 0.717) is 18.4 Å². The summed E-state index contributed by atoms with van der Waals surface area (Å²) in [5, 5.41) is 0. The fourth-order valence-corrected chi connectivity index (χ4v) is 2.35. The van der Waals surface area contributed by atoms with Crippen LogP contribution in [0.4, 0.5) is 11.4 Å². The second-order valence-corrected chi connectivity index (χ2v) is 4.58. The Morgan fingerprint density at radius 1 is 1.33 bits per heavy atom. The summed E-state index contributed by atoms with van der Waals surface area (Å²) in [4.78, 5) is 2.36. The molecule has 2 rings (SSSR count). The molecule has 18 heavy (non-hydrogen) atoms. The third-order valence-corrected chi connectivity index (χ3v) is 3.44. The van der Waals surface area contributed by atoms with Crippen LogP contribution in [0.1, 0.15) is 19.8 Å². The van der Waals surface area contributed by atoms with Crippen molar-refractivity contribution in [3.05, 3.63) is 18.2 Å². The maximum atomic E-state index is 5.89. The lowest BCUT2D eigenvalue weighted by Crippen LogP contribution is -2.36. The quantitative estimate of drug-likeness (QED) is 0.833. The molecule has 1 aromatic carbocycles. The highest BCUT2D eigenvalue weighted by atomic mass is 16.5. The Kier molecular flexibility index (Phi) is 4.31. The molecule has 1 aliphatic heterocycles. The molecule has 0 amide bonds. The Labute approximate surface area is 109 Å². The highest BCUT2D eigenvalue weighted by Crippen LogP contribution is 2.29. The maximum absolute atomic E-state index is 5.89. The molecule has 0 radical (unpaired) electrons. The first-order valence-corrected chi connectivity index (χ1v) is 6.54. The third-order valence-electron chi connectivity index (χ3n) is 3.44. The minimum absolute atomic E-state index is 0.404. The summed E-state index contributed by atoms with van der Waals surface area (Å²) in [7, 11) is 1.79. The van der Waals surface area contributed by atoms with E-state index in [9.17, 15) is 0 Å². The van der Waals surface area contributed by atoms with Gasteiger partial charge in [-0.05, 0) is 31.9 Å². The van der Waals surface area contributed by atoms with E-state index in [1.807, 2.05) is 19.1 Å². The van der Waals surface area contributed by atoms with Crippen molar-refractivity contribution in [1.29, 1.82) is 0 Å². The molecular weight excluding hydrogens is 228 g/mol. The number of nitrogens with zero attached hydrogens (tertiary/aromatic N) is 1. The monoisotopic (exact) mass is 250 g/mol. The maximum Gasteiger partial charge on any atom is 0.144 e. The Balaban J connectivity index is 2.07. The van der Waals surface area contributed by atoms with E-state index in [1.165, 1.54) is 5.69 Å². The third kappa shape index (κ3) is 2.88. The first-order chi connectivity index (χ1) is 8.74. The van der Waals surface area contributed by atoms with Crippen molar-refractivity contribution < 1.29 is 9.47 Å². The predicted molar refractivity (Wildman–Crippen MR) is 74.3 cm³/mol. The van der Waals surface area contributed by atoms with E-state index >= 15 is 0 Å². The number of hydrogen-bond acceptors (Lipinski definition) is 4. The molecule has 1 heterocycles. The molecule has 0 aromatic heterocycles. The van der Waals surface area contributed by atoms with Crippen LogP contribution in [-0.4, -0.2) is 32.9 Å². The van der Waals surface area contributed by atoms with Crippen LogP contribution in [0, 0.1) is 0 Å². The fraction of sp³-hybridized carbons (Fsp3) is 0.571. The van der Waals surface area contributed by atoms with Gasteiger partial charge in [0.15, 0.2) is 0 Å². The zero-order chi connectivity index (χ0) is 13.0. The van der Waals surface area contributed by atoms with E-state index < -0.39 is 0 Å². The molecule has 0 spiro atoms. The molecular formula is C14H22N2O2. The summed E-state index contributed by atoms with van der Waals surface area (Å²) in [5.74, 6) is 0.781. The van der Waals surface area contributed by atoms with Crippen molar-refractivity contribution in [3.63, 3.8) is 0 Å². The minimum Gasteiger partial charge on any atom is -0.492 e. The van der Waals surface area contributed by atoms with E-state index in [-0.39, 0.29) is 0 Å². The summed E-state index contributed by atoms with van der Waals surface area (Å²) >= 11 is 0. The number of nitrogen functional groups attached to an aromatic ring is 1. The minimum atomic E-state index is 0.404. The highest BCUT2D eigenvalue weighted by molar-refractivity contribution is 5.62. The van der Waals surface area contributed by atoms with Gasteiger partial charge in [0.1, 0.15) is 5.75 Å². The van der Waals surface area contributed by atoms with Crippen molar-refractivity contribution in [2.24, 2.45) is 0 Å². The van der Waals surface area contributed by atoms with Crippen LogP contribution in [-0.2, 0) is 4.74 Å². The molecule has 2 N–H and O–H groups in total. The molecule has 1 saturated heterocycles. The van der Waals surface area contributed by atoms with Gasteiger partial charge in [0.25, 0.3) is 0 Å². The number of rotatable bonds is 4. The van der Waals surface area contributed by atoms with Crippen LogP contribution in [0.15, 0.2) is 18.2 Å². The van der Waals surface area contributed by atoms with Gasteiger partial charge in [0, 0.05) is 32.0 Å². The van der Waals surface area contributed by atoms with Crippen LogP contribution in [0.5, 0.6) is 5.75 Å². The summed E-state index contributed by atoms with van der Waals surface area (Å²) < 4.78 is 10.9. The second kappa shape index (κ2) is 5.96. The molecule has 0 aliphatic carbocycles. The summed E-state index contributed by atoms with van der Waals surface area (Å²) in [6.45, 7) is 4.65. The average molecular weight is 250 g/mol. The number of ether oxygens (including phenoxy) is 2. The van der Waals surface area contributed by atoms with Crippen LogP contribution in [0.25, 0.3) is 0 Å². The van der Waals surface area contributed by atoms with E-state index in [0.717, 1.165) is 31.7 Å². The normalized spacial score (nSPS) is 16.9. The SMILES string of the molecule is CCOc1cc(N2CCC(OC)CC2)ccc1N. The van der Waals surface area contributed by atoms with Crippen molar-refractivity contribution in [2.75, 3.05) is 37.4 Å². The number of hydrogen-bond donors (Lipinski definition) is 1. The van der Waals surface area contributed by atoms with E-state index in [1.54, 1.807) is 7.11 Å². The van der Waals surface area contributed by atoms with Gasteiger partial charge in [-0.2, -0.15) is 0 Å². The van der Waals surface area contributed by atoms with Gasteiger partial charge < -0.3 is 20.1 Å². The van der Waals surface area contributed by atoms with E-state index in [4.69, 9.17) is 15.2 Å². The number of nitrogens with two attached hydrogens (primary N) is 1. The number of methoxy groups -OCH3 is 1. The highest BCUT2D eigenvalue weighted by Gasteiger charge is 2.19. The summed E-state index contributed by atoms with van der Waals surface area (Å²) in [6, 6.07) is 6.01. The molecule has 0 saturated carbocycles. The molecule has 0 bridgehead atoms. The van der Waals surface area contributed by atoms with Crippen LogP contribution in [0.3, 0.4) is 0 Å². The van der Waals surface area contributed by atoms with E-state index in [2.05, 4.69) is 11.0 Å². The van der Waals surface area contributed by atoms with Gasteiger partial charge in [-0.25, -0.2) is 0 Å². The Bertz CT molecular complexity index is 387. The molecule has 4 nitrogen and oxygen atoms in total. The topological polar surface area (TPSA) is 47.7 Å². The molecule has 1 aromatic rings. The predicted octanol–water partition coefficient (Wildman–Crippen LogP) is 2.28. The molecule has 1 fully saturated rings. The first-order valence-electron chi connectivity index (χ1n) is 6.54.